The average Bonchev–Trinajstić information content (AvgIpc) is 3.46. The van der Waals surface area contributed by atoms with Crippen molar-refractivity contribution in [1.82, 2.24) is 4.57 Å². The molecule has 1 fully saturated rings. The summed E-state index contributed by atoms with van der Waals surface area (Å²) >= 11 is 0. The van der Waals surface area contributed by atoms with Crippen LogP contribution in [0.15, 0.2) is 114 Å². The lowest BCUT2D eigenvalue weighted by molar-refractivity contribution is 0.602. The molecule has 2 heterocycles. The van der Waals surface area contributed by atoms with Crippen molar-refractivity contribution in [3.8, 4) is 16.8 Å². The van der Waals surface area contributed by atoms with Crippen LogP contribution in [0.2, 0.25) is 0 Å². The van der Waals surface area contributed by atoms with Crippen LogP contribution in [-0.2, 0) is 5.41 Å². The van der Waals surface area contributed by atoms with Crippen molar-refractivity contribution in [3.63, 3.8) is 0 Å². The monoisotopic (exact) mass is 558 g/mol. The zero-order valence-electron chi connectivity index (χ0n) is 25.0. The lowest BCUT2D eigenvalue weighted by Gasteiger charge is -2.33. The van der Waals surface area contributed by atoms with Gasteiger partial charge in [0, 0.05) is 27.4 Å². The molecule has 1 aliphatic carbocycles. The highest BCUT2D eigenvalue weighted by molar-refractivity contribution is 6.23. The molecular weight excluding hydrogens is 524 g/mol. The summed E-state index contributed by atoms with van der Waals surface area (Å²) in [7, 11) is 0. The van der Waals surface area contributed by atoms with E-state index < -0.39 is 0 Å². The third-order valence-corrected chi connectivity index (χ3v) is 9.97. The highest BCUT2D eigenvalue weighted by atomic mass is 15.2. The molecule has 2 atom stereocenters. The van der Waals surface area contributed by atoms with Gasteiger partial charge in [0.25, 0.3) is 0 Å². The number of fused-ring (bicyclic) bond motifs is 6. The van der Waals surface area contributed by atoms with Crippen LogP contribution in [0, 0.1) is 19.3 Å². The molecule has 1 aliphatic heterocycles. The normalized spacial score (nSPS) is 20.4. The molecule has 1 aromatic heterocycles. The number of nitrogens with one attached hydrogen (secondary N) is 1. The number of amidine groups is 1. The van der Waals surface area contributed by atoms with E-state index in [0.29, 0.717) is 0 Å². The maximum Gasteiger partial charge on any atom is 0.141 e. The van der Waals surface area contributed by atoms with Crippen LogP contribution in [0.4, 0.5) is 5.69 Å². The molecule has 4 heteroatoms. The van der Waals surface area contributed by atoms with Gasteiger partial charge in [-0.1, -0.05) is 73.7 Å². The fraction of sp³-hybridized carbons (Fsp3) is 0.179. The third-order valence-electron chi connectivity index (χ3n) is 9.97. The van der Waals surface area contributed by atoms with Gasteiger partial charge in [0.1, 0.15) is 5.84 Å². The number of rotatable bonds is 4. The summed E-state index contributed by atoms with van der Waals surface area (Å²) in [5.41, 5.74) is 11.4. The van der Waals surface area contributed by atoms with Crippen LogP contribution >= 0.6 is 0 Å². The molecule has 0 bridgehead atoms. The second-order valence-electron chi connectivity index (χ2n) is 12.6. The maximum absolute atomic E-state index is 8.70. The van der Waals surface area contributed by atoms with Crippen LogP contribution in [0.5, 0.6) is 0 Å². The van der Waals surface area contributed by atoms with Crippen molar-refractivity contribution in [1.29, 1.82) is 5.41 Å². The standard InChI is InChI=1S/C39H34N4/c1-25-19-28(27-13-7-5-8-14-27)20-26(2)36(25)42(24-40)37-32-21-31-30-17-11-12-18-34(30)43(29-15-9-6-10-16-29)35(31)22-33(32)38(3)23-39(38,4)41-37/h5-22,24,40H,23H2,1-4H3/t38?,39-/m0/s1. The van der Waals surface area contributed by atoms with Crippen LogP contribution in [-0.4, -0.2) is 22.3 Å². The Morgan fingerprint density at radius 3 is 2.09 bits per heavy atom. The lowest BCUT2D eigenvalue weighted by Crippen LogP contribution is -2.38. The highest BCUT2D eigenvalue weighted by Gasteiger charge is 2.65. The molecule has 5 aromatic carbocycles. The largest absolute Gasteiger partial charge is 0.309 e. The number of benzene rings is 5. The van der Waals surface area contributed by atoms with Crippen LogP contribution in [0.3, 0.4) is 0 Å². The smallest absolute Gasteiger partial charge is 0.141 e. The van der Waals surface area contributed by atoms with Gasteiger partial charge in [-0.3, -0.25) is 15.3 Å². The summed E-state index contributed by atoms with van der Waals surface area (Å²) in [4.78, 5) is 7.47. The van der Waals surface area contributed by atoms with E-state index >= 15 is 0 Å². The van der Waals surface area contributed by atoms with Crippen molar-refractivity contribution in [2.45, 2.75) is 45.1 Å². The van der Waals surface area contributed by atoms with E-state index in [9.17, 15) is 0 Å². The van der Waals surface area contributed by atoms with E-state index in [1.54, 1.807) is 0 Å². The van der Waals surface area contributed by atoms with E-state index in [1.807, 2.05) is 11.0 Å². The maximum atomic E-state index is 8.70. The molecule has 4 nitrogen and oxygen atoms in total. The molecule has 8 rings (SSSR count). The molecule has 210 valence electrons. The van der Waals surface area contributed by atoms with E-state index in [1.165, 1.54) is 44.8 Å². The Kier molecular flexibility index (Phi) is 5.40. The van der Waals surface area contributed by atoms with Gasteiger partial charge in [-0.15, -0.1) is 0 Å². The summed E-state index contributed by atoms with van der Waals surface area (Å²) < 4.78 is 2.39. The van der Waals surface area contributed by atoms with Crippen LogP contribution < -0.4 is 4.90 Å². The number of hydrogen-bond donors (Lipinski definition) is 1. The predicted octanol–water partition coefficient (Wildman–Crippen LogP) is 9.36. The molecular formula is C39H34N4. The topological polar surface area (TPSA) is 44.4 Å². The Hall–Kier alpha value is -4.96. The minimum Gasteiger partial charge on any atom is -0.309 e. The van der Waals surface area contributed by atoms with Gasteiger partial charge in [-0.25, -0.2) is 0 Å². The number of anilines is 1. The molecule has 0 amide bonds. The molecule has 0 saturated heterocycles. The van der Waals surface area contributed by atoms with Crippen LogP contribution in [0.25, 0.3) is 38.6 Å². The fourth-order valence-corrected chi connectivity index (χ4v) is 7.55. The summed E-state index contributed by atoms with van der Waals surface area (Å²) in [5, 5.41) is 11.1. The minimum atomic E-state index is -0.209. The van der Waals surface area contributed by atoms with Gasteiger partial charge in [0.05, 0.1) is 28.6 Å². The van der Waals surface area contributed by atoms with Gasteiger partial charge in [-0.2, -0.15) is 0 Å². The molecule has 1 saturated carbocycles. The molecule has 6 aromatic rings. The minimum absolute atomic E-state index is 0.0487. The van der Waals surface area contributed by atoms with Gasteiger partial charge in [0.15, 0.2) is 0 Å². The summed E-state index contributed by atoms with van der Waals surface area (Å²) in [6.07, 6.45) is 2.44. The van der Waals surface area contributed by atoms with Crippen molar-refractivity contribution in [2.75, 3.05) is 4.90 Å². The number of aliphatic imine (C=N–C) groups is 1. The first-order chi connectivity index (χ1) is 20.8. The molecule has 0 spiro atoms. The first-order valence-corrected chi connectivity index (χ1v) is 15.0. The number of hydrogen-bond acceptors (Lipinski definition) is 2. The SMILES string of the molecule is Cc1cc(-c2ccccc2)cc(C)c1N(C=N)C1=N[C@@]2(C)CC2(C)c2cc3c(cc21)c1ccccc1n3-c1ccccc1. The Morgan fingerprint density at radius 1 is 0.744 bits per heavy atom. The van der Waals surface area contributed by atoms with E-state index in [-0.39, 0.29) is 11.0 Å². The Morgan fingerprint density at radius 2 is 1.40 bits per heavy atom. The quantitative estimate of drug-likeness (QED) is 0.170. The van der Waals surface area contributed by atoms with E-state index in [4.69, 9.17) is 10.4 Å². The molecule has 1 N–H and O–H groups in total. The molecule has 0 radical (unpaired) electrons. The second kappa shape index (κ2) is 9.02. The third kappa shape index (κ3) is 3.62. The zero-order valence-corrected chi connectivity index (χ0v) is 25.0. The number of aromatic nitrogens is 1. The van der Waals surface area contributed by atoms with Gasteiger partial charge in [-0.05, 0) is 97.5 Å². The van der Waals surface area contributed by atoms with E-state index in [2.05, 4.69) is 135 Å². The van der Waals surface area contributed by atoms with Crippen molar-refractivity contribution in [2.24, 2.45) is 4.99 Å². The average molecular weight is 559 g/mol. The first kappa shape index (κ1) is 25.7. The lowest BCUT2D eigenvalue weighted by atomic mass is 9.85. The molecule has 1 unspecified atom stereocenters. The second-order valence-corrected chi connectivity index (χ2v) is 12.6. The molecule has 2 aliphatic rings. The summed E-state index contributed by atoms with van der Waals surface area (Å²) in [6.45, 7) is 8.92. The van der Waals surface area contributed by atoms with E-state index in [0.717, 1.165) is 40.3 Å². The van der Waals surface area contributed by atoms with Gasteiger partial charge < -0.3 is 4.57 Å². The number of para-hydroxylation sites is 2. The van der Waals surface area contributed by atoms with Crippen molar-refractivity contribution < 1.29 is 0 Å². The predicted molar refractivity (Wildman–Crippen MR) is 180 cm³/mol. The van der Waals surface area contributed by atoms with Crippen molar-refractivity contribution in [3.05, 3.63) is 131 Å². The summed E-state index contributed by atoms with van der Waals surface area (Å²) in [5.74, 6) is 0.861. The Labute approximate surface area is 252 Å². The Balaban J connectivity index is 1.36. The number of nitrogens with zero attached hydrogens (tertiary/aromatic N) is 3. The Bertz CT molecular complexity index is 2100. The fourth-order valence-electron chi connectivity index (χ4n) is 7.55. The van der Waals surface area contributed by atoms with Gasteiger partial charge >= 0.3 is 0 Å². The number of aryl methyl sites for hydroxylation is 2. The van der Waals surface area contributed by atoms with Crippen molar-refractivity contribution >= 4 is 39.7 Å². The van der Waals surface area contributed by atoms with Gasteiger partial charge in [0.2, 0.25) is 0 Å². The summed E-state index contributed by atoms with van der Waals surface area (Å²) in [6, 6.07) is 39.0. The highest BCUT2D eigenvalue weighted by Crippen LogP contribution is 2.63. The molecule has 43 heavy (non-hydrogen) atoms. The van der Waals surface area contributed by atoms with Crippen LogP contribution in [0.1, 0.15) is 42.5 Å². The first-order valence-electron chi connectivity index (χ1n) is 15.0. The zero-order chi connectivity index (χ0) is 29.5.